The van der Waals surface area contributed by atoms with Crippen LogP contribution < -0.4 is 9.80 Å². The lowest BCUT2D eigenvalue weighted by atomic mass is 10.0. The molecule has 0 N–H and O–H groups in total. The molecular formula is C47H54N2O5Si2. The molecule has 0 fully saturated rings. The summed E-state index contributed by atoms with van der Waals surface area (Å²) in [6.45, 7) is 0. The molecule has 7 nitrogen and oxygen atoms in total. The lowest BCUT2D eigenvalue weighted by molar-refractivity contribution is 0.123. The number of nitrogens with zero attached hydrogens (tertiary/aromatic N) is 2. The molecule has 0 aliphatic rings. The summed E-state index contributed by atoms with van der Waals surface area (Å²) < 4.78 is 27.8. The van der Waals surface area contributed by atoms with E-state index in [9.17, 15) is 0 Å². The monoisotopic (exact) mass is 782 g/mol. The molecule has 0 radical (unpaired) electrons. The summed E-state index contributed by atoms with van der Waals surface area (Å²) in [6, 6.07) is 58.3. The van der Waals surface area contributed by atoms with Gasteiger partial charge in [0.15, 0.2) is 0 Å². The van der Waals surface area contributed by atoms with Crippen LogP contribution in [0.1, 0.15) is 24.0 Å². The molecule has 0 aliphatic heterocycles. The highest BCUT2D eigenvalue weighted by molar-refractivity contribution is 6.60. The van der Waals surface area contributed by atoms with Crippen LogP contribution in [-0.2, 0) is 35.0 Å². The molecule has 6 rings (SSSR count). The van der Waals surface area contributed by atoms with Crippen molar-refractivity contribution in [3.8, 4) is 11.1 Å². The fraction of sp³-hybridized carbons (Fsp3) is 0.234. The van der Waals surface area contributed by atoms with Gasteiger partial charge in [-0.2, -0.15) is 0 Å². The number of benzene rings is 6. The van der Waals surface area contributed by atoms with E-state index in [4.69, 9.17) is 22.1 Å². The van der Waals surface area contributed by atoms with Crippen LogP contribution in [0.25, 0.3) is 11.1 Å². The van der Waals surface area contributed by atoms with E-state index in [1.54, 1.807) is 35.5 Å². The molecule has 6 aromatic carbocycles. The maximum atomic E-state index is 5.61. The minimum Gasteiger partial charge on any atom is -0.400 e. The van der Waals surface area contributed by atoms with Crippen LogP contribution in [-0.4, -0.2) is 53.6 Å². The first-order valence-electron chi connectivity index (χ1n) is 19.3. The molecule has 9 heteroatoms. The lowest BCUT2D eigenvalue weighted by Gasteiger charge is -2.26. The Morgan fingerprint density at radius 1 is 0.411 bits per heavy atom. The molecule has 0 saturated carbocycles. The number of rotatable bonds is 20. The van der Waals surface area contributed by atoms with E-state index in [-0.39, 0.29) is 0 Å². The van der Waals surface area contributed by atoms with Crippen LogP contribution in [0.3, 0.4) is 0 Å². The summed E-state index contributed by atoms with van der Waals surface area (Å²) in [7, 11) is 4.40. The molecule has 6 aromatic rings. The summed E-state index contributed by atoms with van der Waals surface area (Å²) in [4.78, 5) is 4.61. The first kappa shape index (κ1) is 40.8. The Morgan fingerprint density at radius 3 is 1.11 bits per heavy atom. The zero-order valence-corrected chi connectivity index (χ0v) is 35.4. The summed E-state index contributed by atoms with van der Waals surface area (Å²) in [6.07, 6.45) is 3.92. The van der Waals surface area contributed by atoms with Crippen molar-refractivity contribution >= 4 is 52.2 Å². The number of aryl methyl sites for hydroxylation is 2. The molecule has 0 bridgehead atoms. The van der Waals surface area contributed by atoms with Crippen LogP contribution in [0.2, 0.25) is 12.1 Å². The number of hydrogen-bond donors (Lipinski definition) is 0. The zero-order valence-electron chi connectivity index (χ0n) is 33.3. The third-order valence-corrected chi connectivity index (χ3v) is 15.1. The Bertz CT molecular complexity index is 2020. The van der Waals surface area contributed by atoms with E-state index in [1.165, 1.54) is 11.1 Å². The van der Waals surface area contributed by atoms with Gasteiger partial charge in [0.1, 0.15) is 0 Å². The van der Waals surface area contributed by atoms with Gasteiger partial charge in [-0.3, -0.25) is 0 Å². The van der Waals surface area contributed by atoms with Crippen molar-refractivity contribution in [2.75, 3.05) is 45.3 Å². The molecular weight excluding hydrogens is 729 g/mol. The highest BCUT2D eigenvalue weighted by atomic mass is 28.4. The predicted octanol–water partition coefficient (Wildman–Crippen LogP) is 11.5. The topological polar surface area (TPSA) is 52.6 Å². The van der Waals surface area contributed by atoms with Gasteiger partial charge in [-0.15, -0.1) is 0 Å². The van der Waals surface area contributed by atoms with Gasteiger partial charge in [-0.1, -0.05) is 84.9 Å². The average Bonchev–Trinajstić information content (AvgIpc) is 3.27. The van der Waals surface area contributed by atoms with Crippen molar-refractivity contribution in [3.05, 3.63) is 169 Å². The van der Waals surface area contributed by atoms with Crippen LogP contribution in [0, 0.1) is 0 Å². The van der Waals surface area contributed by atoms with Gasteiger partial charge >= 0.3 is 18.1 Å². The first-order chi connectivity index (χ1) is 27.5. The second-order valence-corrected chi connectivity index (χ2v) is 19.2. The van der Waals surface area contributed by atoms with Crippen molar-refractivity contribution < 1.29 is 22.1 Å². The fourth-order valence-corrected chi connectivity index (χ4v) is 10.1. The molecule has 0 aliphatic carbocycles. The number of anilines is 6. The van der Waals surface area contributed by atoms with Gasteiger partial charge in [-0.05, 0) is 127 Å². The van der Waals surface area contributed by atoms with Crippen LogP contribution in [0.4, 0.5) is 34.1 Å². The Hall–Kier alpha value is -4.85. The minimum atomic E-state index is -2.58. The summed E-state index contributed by atoms with van der Waals surface area (Å²) in [5.41, 5.74) is 11.6. The van der Waals surface area contributed by atoms with Crippen LogP contribution in [0.5, 0.6) is 0 Å². The average molecular weight is 783 g/mol. The normalized spacial score (nSPS) is 11.5. The van der Waals surface area contributed by atoms with E-state index in [0.717, 1.165) is 83.0 Å². The van der Waals surface area contributed by atoms with E-state index in [0.29, 0.717) is 0 Å². The predicted molar refractivity (Wildman–Crippen MR) is 235 cm³/mol. The van der Waals surface area contributed by atoms with Crippen molar-refractivity contribution in [2.24, 2.45) is 0 Å². The SMILES string of the molecule is CO[SiH](CCCc1ccc(N(c2ccccc2)c2ccc(-c3ccc(N(c4ccccc4)c4ccc(CCC[Si](OC)(OC)OC)cc4)cc3)cc2)cc1)OC. The van der Waals surface area contributed by atoms with Gasteiger partial charge < -0.3 is 31.9 Å². The Morgan fingerprint density at radius 2 is 0.750 bits per heavy atom. The van der Waals surface area contributed by atoms with Crippen molar-refractivity contribution in [1.29, 1.82) is 0 Å². The molecule has 0 unspecified atom stereocenters. The van der Waals surface area contributed by atoms with Gasteiger partial charge in [0, 0.05) is 75.7 Å². The molecule has 0 spiro atoms. The fourth-order valence-electron chi connectivity index (χ4n) is 7.15. The first-order valence-corrected chi connectivity index (χ1v) is 23.0. The highest BCUT2D eigenvalue weighted by Gasteiger charge is 2.36. The van der Waals surface area contributed by atoms with E-state index in [1.807, 2.05) is 0 Å². The van der Waals surface area contributed by atoms with Gasteiger partial charge in [0.25, 0.3) is 0 Å². The third-order valence-electron chi connectivity index (χ3n) is 10.3. The summed E-state index contributed by atoms with van der Waals surface area (Å²) in [5, 5.41) is 0. The molecule has 290 valence electrons. The van der Waals surface area contributed by atoms with Crippen molar-refractivity contribution in [3.63, 3.8) is 0 Å². The van der Waals surface area contributed by atoms with Gasteiger partial charge in [0.2, 0.25) is 0 Å². The molecule has 0 heterocycles. The van der Waals surface area contributed by atoms with Gasteiger partial charge in [0.05, 0.1) is 0 Å². The molecule has 0 atom stereocenters. The van der Waals surface area contributed by atoms with Crippen LogP contribution in [0.15, 0.2) is 158 Å². The minimum absolute atomic E-state index is 0.774. The summed E-state index contributed by atoms with van der Waals surface area (Å²) >= 11 is 0. The standard InChI is InChI=1S/C47H54N2O5Si2/c1-50-55(51-2)36-12-14-38-20-28-44(29-21-38)48(42-16-8-6-9-17-42)46-32-24-40(25-33-46)41-26-34-47(35-27-41)49(43-18-10-7-11-19-43)45-30-22-39(23-31-45)15-13-37-56(52-3,53-4)54-5/h6-11,16-35,55H,12-15,36-37H2,1-5H3. The molecule has 0 amide bonds. The van der Waals surface area contributed by atoms with E-state index < -0.39 is 18.1 Å². The Balaban J connectivity index is 1.18. The summed E-state index contributed by atoms with van der Waals surface area (Å²) in [5.74, 6) is 0. The largest absolute Gasteiger partial charge is 0.500 e. The number of para-hydroxylation sites is 2. The van der Waals surface area contributed by atoms with Crippen molar-refractivity contribution in [1.82, 2.24) is 0 Å². The van der Waals surface area contributed by atoms with E-state index >= 15 is 0 Å². The van der Waals surface area contributed by atoms with E-state index in [2.05, 4.69) is 168 Å². The van der Waals surface area contributed by atoms with Gasteiger partial charge in [-0.25, -0.2) is 0 Å². The molecule has 0 saturated heterocycles. The smallest absolute Gasteiger partial charge is 0.400 e. The quantitative estimate of drug-likeness (QED) is 0.0715. The lowest BCUT2D eigenvalue weighted by Crippen LogP contribution is -2.42. The second kappa shape index (κ2) is 20.4. The van der Waals surface area contributed by atoms with Crippen LogP contribution >= 0.6 is 0 Å². The maximum Gasteiger partial charge on any atom is 0.500 e. The zero-order chi connectivity index (χ0) is 39.2. The molecule has 0 aromatic heterocycles. The second-order valence-electron chi connectivity index (χ2n) is 13.7. The molecule has 56 heavy (non-hydrogen) atoms. The van der Waals surface area contributed by atoms with Crippen molar-refractivity contribution in [2.45, 2.75) is 37.8 Å². The Kier molecular flexibility index (Phi) is 14.8. The Labute approximate surface area is 336 Å². The number of hydrogen-bond acceptors (Lipinski definition) is 7. The maximum absolute atomic E-state index is 5.61. The third kappa shape index (κ3) is 10.3. The highest BCUT2D eigenvalue weighted by Crippen LogP contribution is 2.38.